The SMILES string of the molecule is O=C1C[C@@H](c2ccccc2)N(CCOc2ccc(Cl)cc2)CCN1. The molecule has 0 bridgehead atoms. The van der Waals surface area contributed by atoms with Crippen molar-refractivity contribution in [3.63, 3.8) is 0 Å². The van der Waals surface area contributed by atoms with Crippen LogP contribution >= 0.6 is 11.6 Å². The predicted octanol–water partition coefficient (Wildman–Crippen LogP) is 3.28. The molecule has 5 heteroatoms. The van der Waals surface area contributed by atoms with Crippen LogP contribution in [0.25, 0.3) is 0 Å². The molecule has 1 atom stereocenters. The van der Waals surface area contributed by atoms with E-state index in [0.29, 0.717) is 24.6 Å². The van der Waals surface area contributed by atoms with Crippen molar-refractivity contribution < 1.29 is 9.53 Å². The van der Waals surface area contributed by atoms with Gasteiger partial charge in [0.2, 0.25) is 5.91 Å². The second-order valence-corrected chi connectivity index (χ2v) is 6.26. The van der Waals surface area contributed by atoms with Crippen molar-refractivity contribution in [1.29, 1.82) is 0 Å². The van der Waals surface area contributed by atoms with Gasteiger partial charge in [-0.3, -0.25) is 9.69 Å². The molecular weight excluding hydrogens is 324 g/mol. The van der Waals surface area contributed by atoms with E-state index in [-0.39, 0.29) is 11.9 Å². The molecule has 0 unspecified atom stereocenters. The number of carbonyl (C=O) groups excluding carboxylic acids is 1. The zero-order chi connectivity index (χ0) is 16.8. The molecule has 3 rings (SSSR count). The maximum absolute atomic E-state index is 12.0. The first-order valence-corrected chi connectivity index (χ1v) is 8.54. The van der Waals surface area contributed by atoms with Gasteiger partial charge in [0.1, 0.15) is 12.4 Å². The Morgan fingerprint density at radius 2 is 1.88 bits per heavy atom. The third kappa shape index (κ3) is 4.49. The van der Waals surface area contributed by atoms with Crippen molar-refractivity contribution in [2.45, 2.75) is 12.5 Å². The van der Waals surface area contributed by atoms with E-state index in [2.05, 4.69) is 22.3 Å². The summed E-state index contributed by atoms with van der Waals surface area (Å²) in [6.07, 6.45) is 0.477. The summed E-state index contributed by atoms with van der Waals surface area (Å²) in [5.74, 6) is 0.907. The van der Waals surface area contributed by atoms with Crippen molar-refractivity contribution >= 4 is 17.5 Å². The summed E-state index contributed by atoms with van der Waals surface area (Å²) in [6.45, 7) is 2.81. The van der Waals surface area contributed by atoms with Crippen LogP contribution in [0.1, 0.15) is 18.0 Å². The lowest BCUT2D eigenvalue weighted by Crippen LogP contribution is -2.34. The fourth-order valence-electron chi connectivity index (χ4n) is 2.95. The lowest BCUT2D eigenvalue weighted by molar-refractivity contribution is -0.121. The fraction of sp³-hybridized carbons (Fsp3) is 0.316. The normalized spacial score (nSPS) is 18.7. The van der Waals surface area contributed by atoms with Crippen LogP contribution in [0.5, 0.6) is 5.75 Å². The summed E-state index contributed by atoms with van der Waals surface area (Å²) in [5, 5.41) is 3.65. The summed E-state index contributed by atoms with van der Waals surface area (Å²) in [5.41, 5.74) is 1.17. The Balaban J connectivity index is 1.64. The summed E-state index contributed by atoms with van der Waals surface area (Å²) in [4.78, 5) is 14.3. The first-order valence-electron chi connectivity index (χ1n) is 8.16. The number of carbonyl (C=O) groups is 1. The topological polar surface area (TPSA) is 41.6 Å². The van der Waals surface area contributed by atoms with Crippen LogP contribution < -0.4 is 10.1 Å². The standard InChI is InChI=1S/C19H21ClN2O2/c20-16-6-8-17(9-7-16)24-13-12-22-11-10-21-19(23)14-18(22)15-4-2-1-3-5-15/h1-9,18H,10-14H2,(H,21,23)/t18-/m0/s1. The van der Waals surface area contributed by atoms with Crippen LogP contribution in [0.3, 0.4) is 0 Å². The van der Waals surface area contributed by atoms with E-state index in [1.54, 1.807) is 0 Å². The molecule has 1 fully saturated rings. The minimum absolute atomic E-state index is 0.0857. The average Bonchev–Trinajstić information content (AvgIpc) is 2.79. The Labute approximate surface area is 147 Å². The van der Waals surface area contributed by atoms with Crippen LogP contribution in [0.15, 0.2) is 54.6 Å². The van der Waals surface area contributed by atoms with Crippen LogP contribution in [0.4, 0.5) is 0 Å². The molecule has 24 heavy (non-hydrogen) atoms. The highest BCUT2D eigenvalue weighted by Crippen LogP contribution is 2.25. The highest BCUT2D eigenvalue weighted by Gasteiger charge is 2.25. The number of hydrogen-bond acceptors (Lipinski definition) is 3. The van der Waals surface area contributed by atoms with Gasteiger partial charge in [-0.25, -0.2) is 0 Å². The number of benzene rings is 2. The quantitative estimate of drug-likeness (QED) is 0.905. The van der Waals surface area contributed by atoms with Gasteiger partial charge in [-0.1, -0.05) is 41.9 Å². The van der Waals surface area contributed by atoms with Gasteiger partial charge >= 0.3 is 0 Å². The van der Waals surface area contributed by atoms with Gasteiger partial charge in [-0.15, -0.1) is 0 Å². The van der Waals surface area contributed by atoms with Gasteiger partial charge in [-0.2, -0.15) is 0 Å². The monoisotopic (exact) mass is 344 g/mol. The first kappa shape index (κ1) is 16.8. The third-order valence-corrected chi connectivity index (χ3v) is 4.44. The maximum Gasteiger partial charge on any atom is 0.221 e. The number of ether oxygens (including phenoxy) is 1. The van der Waals surface area contributed by atoms with Gasteiger partial charge in [0.25, 0.3) is 0 Å². The second-order valence-electron chi connectivity index (χ2n) is 5.82. The molecule has 1 saturated heterocycles. The van der Waals surface area contributed by atoms with E-state index < -0.39 is 0 Å². The molecule has 2 aromatic rings. The molecule has 0 radical (unpaired) electrons. The maximum atomic E-state index is 12.0. The smallest absolute Gasteiger partial charge is 0.221 e. The summed E-state index contributed by atoms with van der Waals surface area (Å²) >= 11 is 5.88. The first-order chi connectivity index (χ1) is 11.7. The zero-order valence-corrected chi connectivity index (χ0v) is 14.2. The predicted molar refractivity (Wildman–Crippen MR) is 95.3 cm³/mol. The zero-order valence-electron chi connectivity index (χ0n) is 13.5. The lowest BCUT2D eigenvalue weighted by atomic mass is 10.0. The van der Waals surface area contributed by atoms with Gasteiger partial charge in [0.05, 0.1) is 0 Å². The molecule has 1 aliphatic heterocycles. The Bertz CT molecular complexity index is 661. The Morgan fingerprint density at radius 3 is 2.62 bits per heavy atom. The molecule has 4 nitrogen and oxygen atoms in total. The van der Waals surface area contributed by atoms with E-state index in [1.165, 1.54) is 5.56 Å². The summed E-state index contributed by atoms with van der Waals surface area (Å²) < 4.78 is 5.81. The van der Waals surface area contributed by atoms with E-state index in [1.807, 2.05) is 42.5 Å². The fourth-order valence-corrected chi connectivity index (χ4v) is 3.08. The Kier molecular flexibility index (Phi) is 5.72. The van der Waals surface area contributed by atoms with Crippen molar-refractivity contribution in [1.82, 2.24) is 10.2 Å². The molecule has 0 saturated carbocycles. The highest BCUT2D eigenvalue weighted by atomic mass is 35.5. The molecule has 2 aromatic carbocycles. The van der Waals surface area contributed by atoms with Gasteiger partial charge < -0.3 is 10.1 Å². The van der Waals surface area contributed by atoms with E-state index in [0.717, 1.165) is 18.8 Å². The molecule has 1 heterocycles. The molecule has 0 aromatic heterocycles. The number of nitrogens with one attached hydrogen (secondary N) is 1. The van der Waals surface area contributed by atoms with Crippen molar-refractivity contribution in [3.05, 3.63) is 65.2 Å². The van der Waals surface area contributed by atoms with E-state index in [9.17, 15) is 4.79 Å². The van der Waals surface area contributed by atoms with Gasteiger partial charge in [0, 0.05) is 37.1 Å². The van der Waals surface area contributed by atoms with E-state index in [4.69, 9.17) is 16.3 Å². The van der Waals surface area contributed by atoms with Crippen LogP contribution in [0, 0.1) is 0 Å². The van der Waals surface area contributed by atoms with Crippen molar-refractivity contribution in [2.24, 2.45) is 0 Å². The average molecular weight is 345 g/mol. The molecule has 1 aliphatic rings. The lowest BCUT2D eigenvalue weighted by Gasteiger charge is -2.29. The Morgan fingerprint density at radius 1 is 1.12 bits per heavy atom. The second kappa shape index (κ2) is 8.18. The number of halogens is 1. The molecule has 1 N–H and O–H groups in total. The number of amides is 1. The van der Waals surface area contributed by atoms with Crippen LogP contribution in [0.2, 0.25) is 5.02 Å². The number of rotatable bonds is 5. The number of hydrogen-bond donors (Lipinski definition) is 1. The Hall–Kier alpha value is -2.04. The minimum Gasteiger partial charge on any atom is -0.492 e. The minimum atomic E-state index is 0.0857. The van der Waals surface area contributed by atoms with E-state index >= 15 is 0 Å². The summed E-state index contributed by atoms with van der Waals surface area (Å²) in [7, 11) is 0. The molecule has 1 amide bonds. The van der Waals surface area contributed by atoms with Crippen molar-refractivity contribution in [3.8, 4) is 5.75 Å². The van der Waals surface area contributed by atoms with Crippen molar-refractivity contribution in [2.75, 3.05) is 26.2 Å². The molecule has 126 valence electrons. The van der Waals surface area contributed by atoms with Crippen LogP contribution in [-0.4, -0.2) is 37.0 Å². The van der Waals surface area contributed by atoms with Gasteiger partial charge in [0.15, 0.2) is 0 Å². The molecular formula is C19H21ClN2O2. The molecule has 0 spiro atoms. The van der Waals surface area contributed by atoms with Crippen LogP contribution in [-0.2, 0) is 4.79 Å². The third-order valence-electron chi connectivity index (χ3n) is 4.19. The summed E-state index contributed by atoms with van der Waals surface area (Å²) in [6, 6.07) is 17.6. The molecule has 0 aliphatic carbocycles. The number of nitrogens with zero attached hydrogens (tertiary/aromatic N) is 1. The highest BCUT2D eigenvalue weighted by molar-refractivity contribution is 6.30. The van der Waals surface area contributed by atoms with Gasteiger partial charge in [-0.05, 0) is 29.8 Å². The largest absolute Gasteiger partial charge is 0.492 e.